The molecule has 112 valence electrons. The Morgan fingerprint density at radius 2 is 2.29 bits per heavy atom. The quantitative estimate of drug-likeness (QED) is 0.848. The number of carbonyl (C=O) groups is 1. The normalized spacial score (nSPS) is 15.3. The molecule has 0 amide bonds. The molecule has 1 heterocycles. The summed E-state index contributed by atoms with van der Waals surface area (Å²) >= 11 is 6.95. The predicted octanol–water partition coefficient (Wildman–Crippen LogP) is 3.81. The van der Waals surface area contributed by atoms with Gasteiger partial charge in [0.25, 0.3) is 0 Å². The first-order valence-corrected chi connectivity index (χ1v) is 8.11. The maximum atomic E-state index is 13.7. The van der Waals surface area contributed by atoms with Crippen LogP contribution in [-0.4, -0.2) is 26.4 Å². The standard InChI is InChI=1S/C14H14ClFN2O2S/c15-9-4-11-12(5-10(9)16)18(6-8-2-1-3-8)14(17-11)21-7-13(19)20/h4-5,8H,1-3,6-7H2,(H,19,20). The van der Waals surface area contributed by atoms with E-state index in [1.165, 1.54) is 18.6 Å². The van der Waals surface area contributed by atoms with Crippen LogP contribution >= 0.6 is 23.4 Å². The summed E-state index contributed by atoms with van der Waals surface area (Å²) in [7, 11) is 0. The summed E-state index contributed by atoms with van der Waals surface area (Å²) in [5.41, 5.74) is 1.28. The molecule has 2 aromatic rings. The van der Waals surface area contributed by atoms with Crippen LogP contribution < -0.4 is 0 Å². The highest BCUT2D eigenvalue weighted by atomic mass is 35.5. The van der Waals surface area contributed by atoms with Gasteiger partial charge < -0.3 is 9.67 Å². The van der Waals surface area contributed by atoms with Crippen LogP contribution in [0.1, 0.15) is 19.3 Å². The smallest absolute Gasteiger partial charge is 0.313 e. The Hall–Kier alpha value is -1.27. The van der Waals surface area contributed by atoms with Crippen molar-refractivity contribution in [3.05, 3.63) is 23.0 Å². The van der Waals surface area contributed by atoms with Crippen LogP contribution in [0.5, 0.6) is 0 Å². The van der Waals surface area contributed by atoms with E-state index in [-0.39, 0.29) is 10.8 Å². The summed E-state index contributed by atoms with van der Waals surface area (Å²) in [5, 5.41) is 9.47. The van der Waals surface area contributed by atoms with Crippen LogP contribution in [0, 0.1) is 11.7 Å². The van der Waals surface area contributed by atoms with Crippen LogP contribution in [0.2, 0.25) is 5.02 Å². The first-order chi connectivity index (χ1) is 10.0. The molecule has 1 aliphatic carbocycles. The van der Waals surface area contributed by atoms with Gasteiger partial charge in [-0.2, -0.15) is 0 Å². The fourth-order valence-corrected chi connectivity index (χ4v) is 3.35. The third-order valence-corrected chi connectivity index (χ3v) is 5.00. The third kappa shape index (κ3) is 3.01. The highest BCUT2D eigenvalue weighted by Crippen LogP contribution is 2.33. The largest absolute Gasteiger partial charge is 0.481 e. The fraction of sp³-hybridized carbons (Fsp3) is 0.429. The van der Waals surface area contributed by atoms with Crippen LogP contribution in [0.4, 0.5) is 4.39 Å². The number of hydrogen-bond acceptors (Lipinski definition) is 3. The van der Waals surface area contributed by atoms with Crippen LogP contribution in [0.15, 0.2) is 17.3 Å². The fourth-order valence-electron chi connectivity index (χ4n) is 2.44. The molecule has 0 aliphatic heterocycles. The number of carboxylic acid groups (broad SMARTS) is 1. The predicted molar refractivity (Wildman–Crippen MR) is 80.4 cm³/mol. The van der Waals surface area contributed by atoms with E-state index in [4.69, 9.17) is 16.7 Å². The van der Waals surface area contributed by atoms with E-state index in [2.05, 4.69) is 4.98 Å². The van der Waals surface area contributed by atoms with Crippen molar-refractivity contribution in [2.24, 2.45) is 5.92 Å². The van der Waals surface area contributed by atoms with E-state index in [1.807, 2.05) is 4.57 Å². The third-order valence-electron chi connectivity index (χ3n) is 3.75. The van der Waals surface area contributed by atoms with Crippen LogP contribution in [0.3, 0.4) is 0 Å². The molecule has 4 nitrogen and oxygen atoms in total. The van der Waals surface area contributed by atoms with Gasteiger partial charge >= 0.3 is 5.97 Å². The van der Waals surface area contributed by atoms with Gasteiger partial charge in [-0.1, -0.05) is 29.8 Å². The van der Waals surface area contributed by atoms with Gasteiger partial charge in [0.05, 0.1) is 21.8 Å². The highest BCUT2D eigenvalue weighted by molar-refractivity contribution is 7.99. The summed E-state index contributed by atoms with van der Waals surface area (Å²) in [6, 6.07) is 2.88. The van der Waals surface area contributed by atoms with E-state index < -0.39 is 11.8 Å². The average molecular weight is 329 g/mol. The lowest BCUT2D eigenvalue weighted by Crippen LogP contribution is -2.18. The van der Waals surface area contributed by atoms with Gasteiger partial charge in [-0.25, -0.2) is 9.37 Å². The lowest BCUT2D eigenvalue weighted by molar-refractivity contribution is -0.133. The number of carboxylic acids is 1. The Labute approximate surface area is 130 Å². The maximum absolute atomic E-state index is 13.7. The average Bonchev–Trinajstić information content (AvgIpc) is 2.69. The molecular formula is C14H14ClFN2O2S. The minimum atomic E-state index is -0.897. The topological polar surface area (TPSA) is 55.1 Å². The van der Waals surface area contributed by atoms with Crippen LogP contribution in [0.25, 0.3) is 11.0 Å². The minimum Gasteiger partial charge on any atom is -0.481 e. The number of nitrogens with zero attached hydrogens (tertiary/aromatic N) is 2. The summed E-state index contributed by atoms with van der Waals surface area (Å²) in [4.78, 5) is 15.2. The number of aliphatic carboxylic acids is 1. The van der Waals surface area contributed by atoms with E-state index in [0.29, 0.717) is 22.1 Å². The minimum absolute atomic E-state index is 0.0329. The second-order valence-corrected chi connectivity index (χ2v) is 6.59. The van der Waals surface area contributed by atoms with Gasteiger partial charge in [-0.05, 0) is 24.8 Å². The summed E-state index contributed by atoms with van der Waals surface area (Å²) in [6.45, 7) is 0.750. The Morgan fingerprint density at radius 3 is 2.90 bits per heavy atom. The summed E-state index contributed by atoms with van der Waals surface area (Å²) in [5.74, 6) is -0.880. The lowest BCUT2D eigenvalue weighted by Gasteiger charge is -2.26. The van der Waals surface area contributed by atoms with E-state index in [0.717, 1.165) is 31.1 Å². The van der Waals surface area contributed by atoms with Gasteiger partial charge in [0.1, 0.15) is 5.82 Å². The number of imidazole rings is 1. The molecule has 21 heavy (non-hydrogen) atoms. The van der Waals surface area contributed by atoms with Crippen molar-refractivity contribution in [3.63, 3.8) is 0 Å². The lowest BCUT2D eigenvalue weighted by atomic mass is 9.85. The number of benzene rings is 1. The molecule has 1 aliphatic rings. The number of fused-ring (bicyclic) bond motifs is 1. The van der Waals surface area contributed by atoms with Gasteiger partial charge in [0.2, 0.25) is 0 Å². The van der Waals surface area contributed by atoms with Crippen molar-refractivity contribution in [2.75, 3.05) is 5.75 Å². The summed E-state index contributed by atoms with van der Waals surface area (Å²) in [6.07, 6.45) is 3.52. The second kappa shape index (κ2) is 5.85. The first-order valence-electron chi connectivity index (χ1n) is 6.74. The molecule has 3 rings (SSSR count). The van der Waals surface area contributed by atoms with Crippen molar-refractivity contribution < 1.29 is 14.3 Å². The van der Waals surface area contributed by atoms with Crippen molar-refractivity contribution in [1.82, 2.24) is 9.55 Å². The molecule has 0 saturated heterocycles. The van der Waals surface area contributed by atoms with Crippen molar-refractivity contribution in [1.29, 1.82) is 0 Å². The zero-order valence-electron chi connectivity index (χ0n) is 11.2. The molecule has 0 bridgehead atoms. The number of rotatable bonds is 5. The second-order valence-electron chi connectivity index (χ2n) is 5.24. The Kier molecular flexibility index (Phi) is 4.08. The van der Waals surface area contributed by atoms with Crippen molar-refractivity contribution in [2.45, 2.75) is 31.0 Å². The zero-order valence-corrected chi connectivity index (χ0v) is 12.8. The van der Waals surface area contributed by atoms with Crippen LogP contribution in [-0.2, 0) is 11.3 Å². The van der Waals surface area contributed by atoms with Gasteiger partial charge in [0.15, 0.2) is 5.16 Å². The Morgan fingerprint density at radius 1 is 1.52 bits per heavy atom. The molecule has 1 saturated carbocycles. The van der Waals surface area contributed by atoms with Gasteiger partial charge in [-0.3, -0.25) is 4.79 Å². The molecule has 0 spiro atoms. The van der Waals surface area contributed by atoms with Gasteiger partial charge in [-0.15, -0.1) is 0 Å². The molecular weight excluding hydrogens is 315 g/mol. The SMILES string of the molecule is O=C(O)CSc1nc2cc(Cl)c(F)cc2n1CC1CCC1. The molecule has 1 fully saturated rings. The first kappa shape index (κ1) is 14.7. The molecule has 1 N–H and O–H groups in total. The van der Waals surface area contributed by atoms with Crippen molar-refractivity contribution >= 4 is 40.4 Å². The Balaban J connectivity index is 2.01. The monoisotopic (exact) mass is 328 g/mol. The molecule has 7 heteroatoms. The molecule has 0 unspecified atom stereocenters. The van der Waals surface area contributed by atoms with Crippen molar-refractivity contribution in [3.8, 4) is 0 Å². The van der Waals surface area contributed by atoms with E-state index in [1.54, 1.807) is 0 Å². The highest BCUT2D eigenvalue weighted by Gasteiger charge is 2.22. The van der Waals surface area contributed by atoms with Gasteiger partial charge in [0, 0.05) is 12.6 Å². The number of thioether (sulfide) groups is 1. The molecule has 1 aromatic carbocycles. The number of halogens is 2. The molecule has 0 radical (unpaired) electrons. The maximum Gasteiger partial charge on any atom is 0.313 e. The number of aromatic nitrogens is 2. The van der Waals surface area contributed by atoms with E-state index in [9.17, 15) is 9.18 Å². The zero-order chi connectivity index (χ0) is 15.0. The number of hydrogen-bond donors (Lipinski definition) is 1. The molecule has 1 aromatic heterocycles. The Bertz CT molecular complexity index is 700. The van der Waals surface area contributed by atoms with E-state index >= 15 is 0 Å². The summed E-state index contributed by atoms with van der Waals surface area (Å²) < 4.78 is 15.6. The molecule has 0 atom stereocenters.